The lowest BCUT2D eigenvalue weighted by Crippen LogP contribution is -2.47. The predicted octanol–water partition coefficient (Wildman–Crippen LogP) is 2.86. The van der Waals surface area contributed by atoms with Gasteiger partial charge >= 0.3 is 0 Å². The SMILES string of the molecule is CN1CCN(CC(=O)Nc2ccc(C(=O)N3CCCCc4ccccc43)cc2)CC1. The summed E-state index contributed by atoms with van der Waals surface area (Å²) in [6, 6.07) is 15.4. The Bertz CT molecular complexity index is 888. The summed E-state index contributed by atoms with van der Waals surface area (Å²) in [5, 5.41) is 2.95. The number of hydrogen-bond acceptors (Lipinski definition) is 4. The van der Waals surface area contributed by atoms with E-state index in [4.69, 9.17) is 0 Å². The molecular weight excluding hydrogens is 376 g/mol. The standard InChI is InChI=1S/C24H30N4O2/c1-26-14-16-27(17-15-26)18-23(29)25-21-11-9-20(10-12-21)24(30)28-13-5-4-7-19-6-2-3-8-22(19)28/h2-3,6,8-12H,4-5,7,13-18H2,1H3,(H,25,29). The van der Waals surface area contributed by atoms with E-state index < -0.39 is 0 Å². The minimum absolute atomic E-state index is 0.0136. The van der Waals surface area contributed by atoms with Crippen LogP contribution >= 0.6 is 0 Å². The number of rotatable bonds is 4. The molecule has 0 aliphatic carbocycles. The first-order chi connectivity index (χ1) is 14.6. The van der Waals surface area contributed by atoms with Crippen LogP contribution in [0.15, 0.2) is 48.5 Å². The molecule has 0 bridgehead atoms. The summed E-state index contributed by atoms with van der Waals surface area (Å²) >= 11 is 0. The minimum atomic E-state index is -0.0138. The summed E-state index contributed by atoms with van der Waals surface area (Å²) in [6.07, 6.45) is 3.11. The zero-order chi connectivity index (χ0) is 20.9. The third-order valence-corrected chi connectivity index (χ3v) is 5.98. The maximum absolute atomic E-state index is 13.2. The van der Waals surface area contributed by atoms with E-state index in [-0.39, 0.29) is 11.8 Å². The number of piperazine rings is 1. The van der Waals surface area contributed by atoms with Crippen molar-refractivity contribution in [2.75, 3.05) is 56.5 Å². The van der Waals surface area contributed by atoms with E-state index in [1.165, 1.54) is 5.56 Å². The number of likely N-dealkylation sites (N-methyl/N-ethyl adjacent to an activating group) is 1. The number of aryl methyl sites for hydroxylation is 1. The molecule has 2 aliphatic rings. The monoisotopic (exact) mass is 406 g/mol. The third kappa shape index (κ3) is 4.89. The van der Waals surface area contributed by atoms with E-state index in [9.17, 15) is 9.59 Å². The predicted molar refractivity (Wildman–Crippen MR) is 120 cm³/mol. The zero-order valence-corrected chi connectivity index (χ0v) is 17.6. The van der Waals surface area contributed by atoms with Gasteiger partial charge in [-0.15, -0.1) is 0 Å². The molecule has 6 nitrogen and oxygen atoms in total. The summed E-state index contributed by atoms with van der Waals surface area (Å²) in [4.78, 5) is 31.9. The van der Waals surface area contributed by atoms with Gasteiger partial charge in [0, 0.05) is 49.7 Å². The first kappa shape index (κ1) is 20.6. The smallest absolute Gasteiger partial charge is 0.258 e. The summed E-state index contributed by atoms with van der Waals surface area (Å²) in [5.41, 5.74) is 3.62. The Morgan fingerprint density at radius 1 is 0.900 bits per heavy atom. The van der Waals surface area contributed by atoms with Crippen molar-refractivity contribution in [3.63, 3.8) is 0 Å². The number of hydrogen-bond donors (Lipinski definition) is 1. The summed E-state index contributed by atoms with van der Waals surface area (Å²) < 4.78 is 0. The quantitative estimate of drug-likeness (QED) is 0.848. The van der Waals surface area contributed by atoms with Gasteiger partial charge in [-0.1, -0.05) is 18.2 Å². The van der Waals surface area contributed by atoms with Crippen LogP contribution in [-0.4, -0.2) is 67.9 Å². The molecule has 0 atom stereocenters. The molecule has 2 aromatic rings. The number of nitrogens with zero attached hydrogens (tertiary/aromatic N) is 3. The molecule has 30 heavy (non-hydrogen) atoms. The first-order valence-corrected chi connectivity index (χ1v) is 10.8. The van der Waals surface area contributed by atoms with Gasteiger partial charge in [0.1, 0.15) is 0 Å². The van der Waals surface area contributed by atoms with Gasteiger partial charge in [0.25, 0.3) is 5.91 Å². The number of carbonyl (C=O) groups excluding carboxylic acids is 2. The van der Waals surface area contributed by atoms with Gasteiger partial charge in [0.05, 0.1) is 6.54 Å². The van der Waals surface area contributed by atoms with E-state index in [1.54, 1.807) is 12.1 Å². The number of amides is 2. The highest BCUT2D eigenvalue weighted by molar-refractivity contribution is 6.07. The normalized spacial score (nSPS) is 17.8. The topological polar surface area (TPSA) is 55.9 Å². The Hall–Kier alpha value is -2.70. The maximum Gasteiger partial charge on any atom is 0.258 e. The molecule has 1 fully saturated rings. The van der Waals surface area contributed by atoms with Crippen molar-refractivity contribution in [1.82, 2.24) is 9.80 Å². The van der Waals surface area contributed by atoms with Crippen molar-refractivity contribution in [2.45, 2.75) is 19.3 Å². The van der Waals surface area contributed by atoms with E-state index in [2.05, 4.69) is 28.2 Å². The molecule has 2 heterocycles. The molecule has 1 saturated heterocycles. The van der Waals surface area contributed by atoms with E-state index in [1.807, 2.05) is 35.2 Å². The molecule has 158 valence electrons. The van der Waals surface area contributed by atoms with Crippen LogP contribution in [0.25, 0.3) is 0 Å². The fourth-order valence-electron chi connectivity index (χ4n) is 4.16. The Balaban J connectivity index is 1.38. The lowest BCUT2D eigenvalue weighted by atomic mass is 10.1. The number of nitrogens with one attached hydrogen (secondary N) is 1. The lowest BCUT2D eigenvalue weighted by Gasteiger charge is -2.31. The van der Waals surface area contributed by atoms with Crippen molar-refractivity contribution in [2.24, 2.45) is 0 Å². The second-order valence-electron chi connectivity index (χ2n) is 8.25. The number of fused-ring (bicyclic) bond motifs is 1. The van der Waals surface area contributed by atoms with Crippen molar-refractivity contribution >= 4 is 23.2 Å². The van der Waals surface area contributed by atoms with Crippen LogP contribution in [0.3, 0.4) is 0 Å². The van der Waals surface area contributed by atoms with Gasteiger partial charge in [-0.3, -0.25) is 14.5 Å². The number of para-hydroxylation sites is 1. The molecular formula is C24H30N4O2. The van der Waals surface area contributed by atoms with Crippen LogP contribution in [0.2, 0.25) is 0 Å². The van der Waals surface area contributed by atoms with Crippen molar-refractivity contribution in [3.05, 3.63) is 59.7 Å². The molecule has 0 saturated carbocycles. The highest BCUT2D eigenvalue weighted by Crippen LogP contribution is 2.27. The van der Waals surface area contributed by atoms with Crippen LogP contribution < -0.4 is 10.2 Å². The minimum Gasteiger partial charge on any atom is -0.325 e. The first-order valence-electron chi connectivity index (χ1n) is 10.8. The molecule has 0 spiro atoms. The lowest BCUT2D eigenvalue weighted by molar-refractivity contribution is -0.117. The fourth-order valence-corrected chi connectivity index (χ4v) is 4.16. The van der Waals surface area contributed by atoms with Crippen LogP contribution in [-0.2, 0) is 11.2 Å². The second kappa shape index (κ2) is 9.41. The highest BCUT2D eigenvalue weighted by Gasteiger charge is 2.22. The number of carbonyl (C=O) groups is 2. The fraction of sp³-hybridized carbons (Fsp3) is 0.417. The molecule has 2 amide bonds. The molecule has 4 rings (SSSR count). The second-order valence-corrected chi connectivity index (χ2v) is 8.25. The van der Waals surface area contributed by atoms with Crippen molar-refractivity contribution < 1.29 is 9.59 Å². The van der Waals surface area contributed by atoms with Crippen molar-refractivity contribution in [3.8, 4) is 0 Å². The van der Waals surface area contributed by atoms with Gasteiger partial charge in [-0.05, 0) is 62.2 Å². The van der Waals surface area contributed by atoms with Crippen LogP contribution in [0, 0.1) is 0 Å². The Morgan fingerprint density at radius 2 is 1.63 bits per heavy atom. The average Bonchev–Trinajstić information content (AvgIpc) is 2.98. The molecule has 1 N–H and O–H groups in total. The maximum atomic E-state index is 13.2. The van der Waals surface area contributed by atoms with E-state index >= 15 is 0 Å². The van der Waals surface area contributed by atoms with E-state index in [0.717, 1.165) is 63.4 Å². The molecule has 2 aromatic carbocycles. The third-order valence-electron chi connectivity index (χ3n) is 5.98. The summed E-state index contributed by atoms with van der Waals surface area (Å²) in [7, 11) is 2.10. The zero-order valence-electron chi connectivity index (χ0n) is 17.6. The van der Waals surface area contributed by atoms with Crippen LogP contribution in [0.1, 0.15) is 28.8 Å². The number of benzene rings is 2. The Labute approximate surface area is 178 Å². The average molecular weight is 407 g/mol. The van der Waals surface area contributed by atoms with Crippen LogP contribution in [0.5, 0.6) is 0 Å². The van der Waals surface area contributed by atoms with Crippen LogP contribution in [0.4, 0.5) is 11.4 Å². The van der Waals surface area contributed by atoms with E-state index in [0.29, 0.717) is 12.1 Å². The highest BCUT2D eigenvalue weighted by atomic mass is 16.2. The van der Waals surface area contributed by atoms with Crippen molar-refractivity contribution in [1.29, 1.82) is 0 Å². The van der Waals surface area contributed by atoms with Gasteiger partial charge in [-0.25, -0.2) is 0 Å². The van der Waals surface area contributed by atoms with Gasteiger partial charge < -0.3 is 15.1 Å². The molecule has 6 heteroatoms. The molecule has 0 unspecified atom stereocenters. The Kier molecular flexibility index (Phi) is 6.45. The van der Waals surface area contributed by atoms with Gasteiger partial charge in [-0.2, -0.15) is 0 Å². The molecule has 0 radical (unpaired) electrons. The largest absolute Gasteiger partial charge is 0.325 e. The summed E-state index contributed by atoms with van der Waals surface area (Å²) in [5.74, 6) is -0.000242. The molecule has 0 aromatic heterocycles. The Morgan fingerprint density at radius 3 is 2.40 bits per heavy atom. The molecule has 2 aliphatic heterocycles. The van der Waals surface area contributed by atoms with Gasteiger partial charge in [0.2, 0.25) is 5.91 Å². The van der Waals surface area contributed by atoms with Gasteiger partial charge in [0.15, 0.2) is 0 Å². The number of anilines is 2. The summed E-state index contributed by atoms with van der Waals surface area (Å²) in [6.45, 7) is 4.94.